The van der Waals surface area contributed by atoms with Gasteiger partial charge in [0, 0.05) is 28.9 Å². The van der Waals surface area contributed by atoms with Crippen LogP contribution in [0.25, 0.3) is 0 Å². The molecule has 12 heavy (non-hydrogen) atoms. The highest BCUT2D eigenvalue weighted by Gasteiger charge is 2.06. The van der Waals surface area contributed by atoms with Crippen molar-refractivity contribution >= 4 is 29.3 Å². The Morgan fingerprint density at radius 1 is 1.67 bits per heavy atom. The summed E-state index contributed by atoms with van der Waals surface area (Å²) in [5, 5.41) is 2.35. The SMILES string of the molecule is CCS(=O)CCNC(=O)C(C)S. The van der Waals surface area contributed by atoms with E-state index >= 15 is 0 Å². The Morgan fingerprint density at radius 3 is 2.67 bits per heavy atom. The molecule has 2 unspecified atom stereocenters. The van der Waals surface area contributed by atoms with Crippen LogP contribution in [-0.4, -0.2) is 33.4 Å². The molecular weight excluding hydrogens is 194 g/mol. The van der Waals surface area contributed by atoms with Gasteiger partial charge < -0.3 is 5.32 Å². The third kappa shape index (κ3) is 5.60. The summed E-state index contributed by atoms with van der Waals surface area (Å²) in [5.74, 6) is 1.07. The molecule has 0 rings (SSSR count). The van der Waals surface area contributed by atoms with Gasteiger partial charge in [0.2, 0.25) is 5.91 Å². The maximum atomic E-state index is 10.9. The van der Waals surface area contributed by atoms with Gasteiger partial charge in [0.25, 0.3) is 0 Å². The van der Waals surface area contributed by atoms with E-state index in [0.29, 0.717) is 18.1 Å². The zero-order chi connectivity index (χ0) is 9.56. The second kappa shape index (κ2) is 6.48. The summed E-state index contributed by atoms with van der Waals surface area (Å²) in [4.78, 5) is 10.9. The molecule has 0 saturated carbocycles. The number of nitrogens with one attached hydrogen (secondary N) is 1. The van der Waals surface area contributed by atoms with Gasteiger partial charge in [0.15, 0.2) is 0 Å². The molecule has 1 N–H and O–H groups in total. The summed E-state index contributed by atoms with van der Waals surface area (Å²) >= 11 is 3.95. The Bertz CT molecular complexity index is 171. The molecule has 0 bridgehead atoms. The molecule has 0 heterocycles. The van der Waals surface area contributed by atoms with E-state index in [1.807, 2.05) is 6.92 Å². The maximum Gasteiger partial charge on any atom is 0.232 e. The molecule has 0 radical (unpaired) electrons. The fraction of sp³-hybridized carbons (Fsp3) is 0.857. The van der Waals surface area contributed by atoms with Crippen molar-refractivity contribution in [1.82, 2.24) is 5.32 Å². The van der Waals surface area contributed by atoms with Crippen LogP contribution in [0.1, 0.15) is 13.8 Å². The molecule has 0 aromatic carbocycles. The third-order valence-corrected chi connectivity index (χ3v) is 2.87. The van der Waals surface area contributed by atoms with Gasteiger partial charge in [-0.1, -0.05) is 6.92 Å². The van der Waals surface area contributed by atoms with Gasteiger partial charge in [0.1, 0.15) is 0 Å². The van der Waals surface area contributed by atoms with Gasteiger partial charge in [-0.3, -0.25) is 9.00 Å². The van der Waals surface area contributed by atoms with E-state index in [4.69, 9.17) is 0 Å². The smallest absolute Gasteiger partial charge is 0.232 e. The number of thiol groups is 1. The van der Waals surface area contributed by atoms with Crippen molar-refractivity contribution in [2.75, 3.05) is 18.1 Å². The third-order valence-electron chi connectivity index (χ3n) is 1.33. The average molecular weight is 209 g/mol. The summed E-state index contributed by atoms with van der Waals surface area (Å²) in [7, 11) is -0.796. The van der Waals surface area contributed by atoms with Crippen LogP contribution in [0.4, 0.5) is 0 Å². The number of amides is 1. The normalized spacial score (nSPS) is 15.2. The monoisotopic (exact) mass is 209 g/mol. The fourth-order valence-corrected chi connectivity index (χ4v) is 1.29. The topological polar surface area (TPSA) is 46.2 Å². The number of rotatable bonds is 5. The first kappa shape index (κ1) is 12.0. The standard InChI is InChI=1S/C7H15NO2S2/c1-3-12(10)5-4-8-7(9)6(2)11/h6,11H,3-5H2,1-2H3,(H,8,9). The van der Waals surface area contributed by atoms with Crippen LogP contribution in [0.3, 0.4) is 0 Å². The van der Waals surface area contributed by atoms with Gasteiger partial charge in [-0.25, -0.2) is 0 Å². The lowest BCUT2D eigenvalue weighted by Gasteiger charge is -2.05. The zero-order valence-electron chi connectivity index (χ0n) is 7.37. The van der Waals surface area contributed by atoms with E-state index in [-0.39, 0.29) is 11.2 Å². The highest BCUT2D eigenvalue weighted by molar-refractivity contribution is 7.84. The summed E-state index contributed by atoms with van der Waals surface area (Å²) in [6.07, 6.45) is 0. The Hall–Kier alpha value is -0.0300. The highest BCUT2D eigenvalue weighted by Crippen LogP contribution is 1.90. The summed E-state index contributed by atoms with van der Waals surface area (Å²) in [6.45, 7) is 4.04. The average Bonchev–Trinajstić information content (AvgIpc) is 2.03. The van der Waals surface area contributed by atoms with Gasteiger partial charge in [0.05, 0.1) is 5.25 Å². The molecule has 0 aromatic rings. The Kier molecular flexibility index (Phi) is 6.47. The summed E-state index contributed by atoms with van der Waals surface area (Å²) < 4.78 is 10.9. The van der Waals surface area contributed by atoms with Gasteiger partial charge >= 0.3 is 0 Å². The molecule has 0 aliphatic heterocycles. The Balaban J connectivity index is 3.44. The molecule has 0 aromatic heterocycles. The van der Waals surface area contributed by atoms with E-state index in [1.54, 1.807) is 6.92 Å². The summed E-state index contributed by atoms with van der Waals surface area (Å²) in [5.41, 5.74) is 0. The van der Waals surface area contributed by atoms with Crippen molar-refractivity contribution in [2.24, 2.45) is 0 Å². The van der Waals surface area contributed by atoms with E-state index < -0.39 is 10.8 Å². The number of hydrogen-bond acceptors (Lipinski definition) is 3. The predicted octanol–water partition coefficient (Wildman–Crippen LogP) is 0.190. The summed E-state index contributed by atoms with van der Waals surface area (Å²) in [6, 6.07) is 0. The molecule has 0 spiro atoms. The van der Waals surface area contributed by atoms with Crippen molar-refractivity contribution in [3.63, 3.8) is 0 Å². The first-order chi connectivity index (χ1) is 5.57. The van der Waals surface area contributed by atoms with Crippen molar-refractivity contribution in [1.29, 1.82) is 0 Å². The molecule has 5 heteroatoms. The molecule has 3 nitrogen and oxygen atoms in total. The molecule has 2 atom stereocenters. The molecule has 0 aliphatic rings. The van der Waals surface area contributed by atoms with Crippen LogP contribution in [0.5, 0.6) is 0 Å². The van der Waals surface area contributed by atoms with Crippen molar-refractivity contribution in [3.8, 4) is 0 Å². The van der Waals surface area contributed by atoms with Gasteiger partial charge in [-0.05, 0) is 6.92 Å². The van der Waals surface area contributed by atoms with Crippen LogP contribution in [0.15, 0.2) is 0 Å². The zero-order valence-corrected chi connectivity index (χ0v) is 9.08. The first-order valence-electron chi connectivity index (χ1n) is 3.88. The van der Waals surface area contributed by atoms with Crippen LogP contribution in [0.2, 0.25) is 0 Å². The number of hydrogen-bond donors (Lipinski definition) is 2. The largest absolute Gasteiger partial charge is 0.354 e. The van der Waals surface area contributed by atoms with Crippen LogP contribution >= 0.6 is 12.6 Å². The quantitative estimate of drug-likeness (QED) is 0.635. The van der Waals surface area contributed by atoms with Crippen molar-refractivity contribution < 1.29 is 9.00 Å². The van der Waals surface area contributed by atoms with E-state index in [9.17, 15) is 9.00 Å². The molecular formula is C7H15NO2S2. The second-order valence-corrected chi connectivity index (χ2v) is 5.04. The highest BCUT2D eigenvalue weighted by atomic mass is 32.2. The predicted molar refractivity (Wildman–Crippen MR) is 55.0 cm³/mol. The van der Waals surface area contributed by atoms with Gasteiger partial charge in [-0.15, -0.1) is 0 Å². The van der Waals surface area contributed by atoms with E-state index in [2.05, 4.69) is 17.9 Å². The lowest BCUT2D eigenvalue weighted by molar-refractivity contribution is -0.120. The number of carbonyl (C=O) groups excluding carboxylic acids is 1. The minimum atomic E-state index is -0.796. The van der Waals surface area contributed by atoms with E-state index in [1.165, 1.54) is 0 Å². The lowest BCUT2D eigenvalue weighted by atomic mass is 10.4. The Morgan fingerprint density at radius 2 is 2.25 bits per heavy atom. The first-order valence-corrected chi connectivity index (χ1v) is 5.89. The molecule has 0 aliphatic carbocycles. The van der Waals surface area contributed by atoms with Gasteiger partial charge in [-0.2, -0.15) is 12.6 Å². The van der Waals surface area contributed by atoms with Crippen LogP contribution in [-0.2, 0) is 15.6 Å². The van der Waals surface area contributed by atoms with Crippen LogP contribution < -0.4 is 5.32 Å². The van der Waals surface area contributed by atoms with Crippen molar-refractivity contribution in [2.45, 2.75) is 19.1 Å². The fourth-order valence-electron chi connectivity index (χ4n) is 0.580. The minimum absolute atomic E-state index is 0.105. The molecule has 0 saturated heterocycles. The number of carbonyl (C=O) groups is 1. The van der Waals surface area contributed by atoms with Crippen LogP contribution in [0, 0.1) is 0 Å². The molecule has 1 amide bonds. The second-order valence-electron chi connectivity index (χ2n) is 2.40. The van der Waals surface area contributed by atoms with Crippen molar-refractivity contribution in [3.05, 3.63) is 0 Å². The molecule has 0 fully saturated rings. The molecule has 72 valence electrons. The van der Waals surface area contributed by atoms with E-state index in [0.717, 1.165) is 0 Å². The maximum absolute atomic E-state index is 10.9. The lowest BCUT2D eigenvalue weighted by Crippen LogP contribution is -2.32. The minimum Gasteiger partial charge on any atom is -0.354 e. The Labute approximate surface area is 81.2 Å².